The van der Waals surface area contributed by atoms with Crippen LogP contribution in [0.2, 0.25) is 0 Å². The number of nitrogens with zero attached hydrogens (tertiary/aromatic N) is 2. The molecular formula is C17H31N3. The van der Waals surface area contributed by atoms with E-state index in [-0.39, 0.29) is 5.41 Å². The van der Waals surface area contributed by atoms with Crippen LogP contribution in [0.1, 0.15) is 32.8 Å². The molecule has 0 saturated heterocycles. The second-order valence-corrected chi connectivity index (χ2v) is 6.59. The van der Waals surface area contributed by atoms with E-state index in [0.717, 1.165) is 31.9 Å². The summed E-state index contributed by atoms with van der Waals surface area (Å²) in [6, 6.07) is 8.32. The van der Waals surface area contributed by atoms with Gasteiger partial charge < -0.3 is 15.5 Å². The molecule has 0 radical (unpaired) electrons. The van der Waals surface area contributed by atoms with Crippen LogP contribution in [0.5, 0.6) is 0 Å². The first kappa shape index (κ1) is 17.0. The molecule has 0 amide bonds. The lowest BCUT2D eigenvalue weighted by Gasteiger charge is -2.33. The molecule has 0 aromatic heterocycles. The average molecular weight is 277 g/mol. The minimum atomic E-state index is 0.148. The van der Waals surface area contributed by atoms with Gasteiger partial charge in [0.15, 0.2) is 0 Å². The summed E-state index contributed by atoms with van der Waals surface area (Å²) in [4.78, 5) is 4.81. The molecule has 1 rings (SSSR count). The molecule has 3 nitrogen and oxygen atoms in total. The van der Waals surface area contributed by atoms with Crippen molar-refractivity contribution in [3.05, 3.63) is 29.8 Å². The summed E-state index contributed by atoms with van der Waals surface area (Å²) < 4.78 is 0. The van der Waals surface area contributed by atoms with Crippen molar-refractivity contribution < 1.29 is 0 Å². The second-order valence-electron chi connectivity index (χ2n) is 6.59. The minimum Gasteiger partial charge on any atom is -0.399 e. The molecule has 2 N–H and O–H groups in total. The zero-order chi connectivity index (χ0) is 15.2. The summed E-state index contributed by atoms with van der Waals surface area (Å²) in [6.07, 6.45) is 1.20. The Morgan fingerprint density at radius 3 is 2.10 bits per heavy atom. The fourth-order valence-corrected chi connectivity index (χ4v) is 2.51. The highest BCUT2D eigenvalue weighted by molar-refractivity contribution is 5.41. The summed E-state index contributed by atoms with van der Waals surface area (Å²) in [5, 5.41) is 0. The molecule has 1 aromatic rings. The maximum atomic E-state index is 5.78. The van der Waals surface area contributed by atoms with Crippen LogP contribution in [0.15, 0.2) is 24.3 Å². The van der Waals surface area contributed by atoms with Gasteiger partial charge in [0.05, 0.1) is 0 Å². The normalized spacial score (nSPS) is 12.3. The van der Waals surface area contributed by atoms with Crippen molar-refractivity contribution in [1.82, 2.24) is 9.80 Å². The van der Waals surface area contributed by atoms with Gasteiger partial charge in [0.1, 0.15) is 0 Å². The van der Waals surface area contributed by atoms with Crippen molar-refractivity contribution in [3.8, 4) is 0 Å². The van der Waals surface area contributed by atoms with Crippen LogP contribution in [-0.2, 0) is 5.41 Å². The summed E-state index contributed by atoms with van der Waals surface area (Å²) in [5.41, 5.74) is 8.13. The van der Waals surface area contributed by atoms with Crippen LogP contribution >= 0.6 is 0 Å². The number of rotatable bonds is 8. The van der Waals surface area contributed by atoms with E-state index in [2.05, 4.69) is 56.8 Å². The summed E-state index contributed by atoms with van der Waals surface area (Å²) >= 11 is 0. The van der Waals surface area contributed by atoms with Crippen LogP contribution in [0.3, 0.4) is 0 Å². The quantitative estimate of drug-likeness (QED) is 0.742. The highest BCUT2D eigenvalue weighted by Crippen LogP contribution is 2.25. The van der Waals surface area contributed by atoms with E-state index in [9.17, 15) is 0 Å². The van der Waals surface area contributed by atoms with Gasteiger partial charge in [-0.3, -0.25) is 0 Å². The third-order valence-corrected chi connectivity index (χ3v) is 3.71. The van der Waals surface area contributed by atoms with E-state index in [4.69, 9.17) is 5.73 Å². The van der Waals surface area contributed by atoms with E-state index in [1.165, 1.54) is 12.0 Å². The van der Waals surface area contributed by atoms with Crippen LogP contribution in [-0.4, -0.2) is 50.1 Å². The molecule has 0 atom stereocenters. The number of hydrogen-bond acceptors (Lipinski definition) is 3. The molecule has 0 unspecified atom stereocenters. The third-order valence-electron chi connectivity index (χ3n) is 3.71. The molecule has 0 saturated carbocycles. The summed E-state index contributed by atoms with van der Waals surface area (Å²) in [7, 11) is 4.27. The molecule has 0 aliphatic carbocycles. The number of benzene rings is 1. The average Bonchev–Trinajstić information content (AvgIpc) is 2.36. The maximum Gasteiger partial charge on any atom is 0.0314 e. The van der Waals surface area contributed by atoms with Gasteiger partial charge in [-0.2, -0.15) is 0 Å². The molecule has 3 heteroatoms. The Kier molecular flexibility index (Phi) is 6.50. The number of likely N-dealkylation sites (N-methyl/N-ethyl adjacent to an activating group) is 1. The zero-order valence-electron chi connectivity index (χ0n) is 13.8. The Balaban J connectivity index is 2.71. The number of anilines is 1. The Labute approximate surface area is 124 Å². The minimum absolute atomic E-state index is 0.148. The molecular weight excluding hydrogens is 246 g/mol. The predicted molar refractivity (Wildman–Crippen MR) is 89.2 cm³/mol. The van der Waals surface area contributed by atoms with Crippen LogP contribution in [0, 0.1) is 0 Å². The maximum absolute atomic E-state index is 5.78. The third kappa shape index (κ3) is 5.51. The summed E-state index contributed by atoms with van der Waals surface area (Å²) in [5.74, 6) is 0. The molecule has 0 heterocycles. The molecule has 114 valence electrons. The fourth-order valence-electron chi connectivity index (χ4n) is 2.51. The van der Waals surface area contributed by atoms with E-state index in [1.807, 2.05) is 12.1 Å². The Morgan fingerprint density at radius 2 is 1.60 bits per heavy atom. The monoisotopic (exact) mass is 277 g/mol. The molecule has 0 bridgehead atoms. The van der Waals surface area contributed by atoms with Crippen molar-refractivity contribution in [2.75, 3.05) is 46.0 Å². The number of nitrogens with two attached hydrogens (primary N) is 1. The van der Waals surface area contributed by atoms with Gasteiger partial charge in [-0.25, -0.2) is 0 Å². The molecule has 0 aliphatic heterocycles. The van der Waals surface area contributed by atoms with Crippen molar-refractivity contribution in [2.24, 2.45) is 0 Å². The van der Waals surface area contributed by atoms with Crippen molar-refractivity contribution in [2.45, 2.75) is 32.6 Å². The van der Waals surface area contributed by atoms with Crippen LogP contribution in [0.25, 0.3) is 0 Å². The van der Waals surface area contributed by atoms with Crippen LogP contribution < -0.4 is 5.73 Å². The second kappa shape index (κ2) is 7.65. The molecule has 1 aromatic carbocycles. The number of nitrogen functional groups attached to an aromatic ring is 1. The van der Waals surface area contributed by atoms with Crippen molar-refractivity contribution in [3.63, 3.8) is 0 Å². The highest BCUT2D eigenvalue weighted by Gasteiger charge is 2.23. The first-order valence-electron chi connectivity index (χ1n) is 7.58. The van der Waals surface area contributed by atoms with Gasteiger partial charge in [0.2, 0.25) is 0 Å². The SMILES string of the molecule is CCCN(CCN(C)C)CC(C)(C)c1ccc(N)cc1. The Morgan fingerprint density at radius 1 is 1.00 bits per heavy atom. The lowest BCUT2D eigenvalue weighted by Crippen LogP contribution is -2.40. The lowest BCUT2D eigenvalue weighted by atomic mass is 9.84. The van der Waals surface area contributed by atoms with E-state index >= 15 is 0 Å². The Hall–Kier alpha value is -1.06. The molecule has 0 spiro atoms. The van der Waals surface area contributed by atoms with Gasteiger partial charge in [-0.15, -0.1) is 0 Å². The highest BCUT2D eigenvalue weighted by atomic mass is 15.2. The molecule has 0 aliphatic rings. The van der Waals surface area contributed by atoms with Gasteiger partial charge in [0.25, 0.3) is 0 Å². The molecule has 20 heavy (non-hydrogen) atoms. The van der Waals surface area contributed by atoms with Gasteiger partial charge >= 0.3 is 0 Å². The zero-order valence-corrected chi connectivity index (χ0v) is 13.8. The van der Waals surface area contributed by atoms with Crippen molar-refractivity contribution in [1.29, 1.82) is 0 Å². The first-order chi connectivity index (χ1) is 9.35. The van der Waals surface area contributed by atoms with E-state index < -0.39 is 0 Å². The lowest BCUT2D eigenvalue weighted by molar-refractivity contribution is 0.203. The topological polar surface area (TPSA) is 32.5 Å². The fraction of sp³-hybridized carbons (Fsp3) is 0.647. The van der Waals surface area contributed by atoms with Gasteiger partial charge in [-0.05, 0) is 44.8 Å². The van der Waals surface area contributed by atoms with Gasteiger partial charge in [-0.1, -0.05) is 32.9 Å². The van der Waals surface area contributed by atoms with Crippen molar-refractivity contribution >= 4 is 5.69 Å². The van der Waals surface area contributed by atoms with Gasteiger partial charge in [0, 0.05) is 30.7 Å². The predicted octanol–water partition coefficient (Wildman–Crippen LogP) is 2.82. The standard InChI is InChI=1S/C17H31N3/c1-6-11-20(13-12-19(4)5)14-17(2,3)15-7-9-16(18)10-8-15/h7-10H,6,11-14,18H2,1-5H3. The first-order valence-corrected chi connectivity index (χ1v) is 7.58. The Bertz CT molecular complexity index is 382. The van der Waals surface area contributed by atoms with E-state index in [1.54, 1.807) is 0 Å². The largest absolute Gasteiger partial charge is 0.399 e. The summed E-state index contributed by atoms with van der Waals surface area (Å²) in [6.45, 7) is 11.4. The van der Waals surface area contributed by atoms with Crippen LogP contribution in [0.4, 0.5) is 5.69 Å². The molecule has 0 fully saturated rings. The number of hydrogen-bond donors (Lipinski definition) is 1. The van der Waals surface area contributed by atoms with E-state index in [0.29, 0.717) is 0 Å². The smallest absolute Gasteiger partial charge is 0.0314 e.